The molecule has 1 aromatic rings. The molecule has 0 aromatic heterocycles. The van der Waals surface area contributed by atoms with Gasteiger partial charge in [-0.25, -0.2) is 4.39 Å². The lowest BCUT2D eigenvalue weighted by molar-refractivity contribution is -0.167. The number of hydrogen-bond donors (Lipinski definition) is 0. The quantitative estimate of drug-likeness (QED) is 0.254. The number of ether oxygens (including phenoxy) is 1. The van der Waals surface area contributed by atoms with Crippen LogP contribution >= 0.6 is 0 Å². The third-order valence-corrected chi connectivity index (χ3v) is 6.94. The summed E-state index contributed by atoms with van der Waals surface area (Å²) in [5.74, 6) is 0.0752. The molecule has 0 aliphatic carbocycles. The molecule has 1 atom stereocenters. The summed E-state index contributed by atoms with van der Waals surface area (Å²) in [7, 11) is 0. The Kier molecular flexibility index (Phi) is 10.1. The number of piperidine rings is 1. The fourth-order valence-electron chi connectivity index (χ4n) is 5.00. The molecule has 2 rings (SSSR count). The molecule has 0 saturated carbocycles. The highest BCUT2D eigenvalue weighted by Gasteiger charge is 2.40. The van der Waals surface area contributed by atoms with Gasteiger partial charge in [-0.2, -0.15) is 0 Å². The van der Waals surface area contributed by atoms with Crippen molar-refractivity contribution in [3.05, 3.63) is 47.3 Å². The van der Waals surface area contributed by atoms with E-state index in [9.17, 15) is 9.18 Å². The first-order valence-electron chi connectivity index (χ1n) is 12.8. The first-order valence-corrected chi connectivity index (χ1v) is 12.8. The van der Waals surface area contributed by atoms with Crippen LogP contribution in [-0.4, -0.2) is 35.6 Å². The van der Waals surface area contributed by atoms with Crippen molar-refractivity contribution in [3.63, 3.8) is 0 Å². The van der Waals surface area contributed by atoms with E-state index in [4.69, 9.17) is 4.74 Å². The Morgan fingerprint density at radius 1 is 1.18 bits per heavy atom. The van der Waals surface area contributed by atoms with Crippen LogP contribution in [0.25, 0.3) is 0 Å². The predicted molar refractivity (Wildman–Crippen MR) is 136 cm³/mol. The average Bonchev–Trinajstić information content (AvgIpc) is 2.71. The number of carbonyl (C=O) groups is 1. The van der Waals surface area contributed by atoms with Crippen LogP contribution in [0.15, 0.2) is 35.9 Å². The highest BCUT2D eigenvalue weighted by atomic mass is 19.1. The predicted octanol–water partition coefficient (Wildman–Crippen LogP) is 7.44. The molecular weight excluding hydrogens is 413 g/mol. The van der Waals surface area contributed by atoms with Crippen LogP contribution in [-0.2, 0) is 14.9 Å². The van der Waals surface area contributed by atoms with Crippen LogP contribution in [0, 0.1) is 11.7 Å². The molecular formula is C29H46FNO2. The van der Waals surface area contributed by atoms with Crippen molar-refractivity contribution < 1.29 is 13.9 Å². The van der Waals surface area contributed by atoms with Gasteiger partial charge in [0, 0.05) is 25.6 Å². The molecule has 186 valence electrons. The van der Waals surface area contributed by atoms with Gasteiger partial charge in [0.05, 0.1) is 0 Å². The Bertz CT molecular complexity index is 769. The van der Waals surface area contributed by atoms with E-state index < -0.39 is 0 Å². The van der Waals surface area contributed by atoms with Crippen LogP contribution in [0.3, 0.4) is 0 Å². The van der Waals surface area contributed by atoms with E-state index in [0.717, 1.165) is 57.2 Å². The molecule has 1 aromatic carbocycles. The number of benzene rings is 1. The Hall–Kier alpha value is -1.68. The minimum atomic E-state index is -0.319. The topological polar surface area (TPSA) is 29.5 Å². The van der Waals surface area contributed by atoms with Gasteiger partial charge in [-0.1, -0.05) is 64.8 Å². The van der Waals surface area contributed by atoms with Crippen molar-refractivity contribution in [2.24, 2.45) is 5.92 Å². The highest BCUT2D eigenvalue weighted by Crippen LogP contribution is 2.36. The summed E-state index contributed by atoms with van der Waals surface area (Å²) in [5, 5.41) is 0. The molecule has 0 radical (unpaired) electrons. The zero-order valence-corrected chi connectivity index (χ0v) is 22.0. The normalized spacial score (nSPS) is 17.6. The van der Waals surface area contributed by atoms with E-state index in [2.05, 4.69) is 59.4 Å². The van der Waals surface area contributed by atoms with E-state index in [1.165, 1.54) is 5.57 Å². The molecule has 0 spiro atoms. The van der Waals surface area contributed by atoms with Gasteiger partial charge in [0.2, 0.25) is 0 Å². The summed E-state index contributed by atoms with van der Waals surface area (Å²) < 4.78 is 19.6. The standard InChI is InChI=1S/C29H46FNO2/c1-8-9-14-29(33-27(32)20-23(4)5)15-17-31(18-16-29)26(19-22(2)3)21-28(6,7)24-10-12-25(30)13-11-24/h10-13,19,23,26H,8-9,14-18,20-21H2,1-7H3. The number of esters is 1. The summed E-state index contributed by atoms with van der Waals surface area (Å²) in [6.07, 6.45) is 8.75. The highest BCUT2D eigenvalue weighted by molar-refractivity contribution is 5.70. The monoisotopic (exact) mass is 459 g/mol. The van der Waals surface area contributed by atoms with Crippen molar-refractivity contribution in [2.75, 3.05) is 13.1 Å². The SMILES string of the molecule is CCCCC1(OC(=O)CC(C)C)CCN(C(C=C(C)C)CC(C)(C)c2ccc(F)cc2)CC1. The molecule has 1 saturated heterocycles. The third-order valence-electron chi connectivity index (χ3n) is 6.94. The Labute approximate surface area is 201 Å². The van der Waals surface area contributed by atoms with E-state index in [0.29, 0.717) is 18.4 Å². The first kappa shape index (κ1) is 27.6. The molecule has 0 bridgehead atoms. The van der Waals surface area contributed by atoms with Crippen molar-refractivity contribution in [1.29, 1.82) is 0 Å². The smallest absolute Gasteiger partial charge is 0.306 e. The van der Waals surface area contributed by atoms with E-state index in [1.54, 1.807) is 12.1 Å². The summed E-state index contributed by atoms with van der Waals surface area (Å²) in [5.41, 5.74) is 2.07. The number of unbranched alkanes of at least 4 members (excludes halogenated alkanes) is 1. The van der Waals surface area contributed by atoms with Gasteiger partial charge in [0.1, 0.15) is 11.4 Å². The second-order valence-corrected chi connectivity index (χ2v) is 11.3. The second-order valence-electron chi connectivity index (χ2n) is 11.3. The zero-order chi connectivity index (χ0) is 24.6. The number of nitrogens with zero attached hydrogens (tertiary/aromatic N) is 1. The van der Waals surface area contributed by atoms with Gasteiger partial charge in [0.25, 0.3) is 0 Å². The van der Waals surface area contributed by atoms with E-state index in [-0.39, 0.29) is 22.8 Å². The molecule has 1 aliphatic rings. The number of likely N-dealkylation sites (tertiary alicyclic amines) is 1. The maximum absolute atomic E-state index is 13.5. The van der Waals surface area contributed by atoms with Gasteiger partial charge in [-0.05, 0) is 75.0 Å². The van der Waals surface area contributed by atoms with Crippen LogP contribution in [0.1, 0.15) is 99.0 Å². The largest absolute Gasteiger partial charge is 0.459 e. The lowest BCUT2D eigenvalue weighted by Crippen LogP contribution is -2.51. The zero-order valence-electron chi connectivity index (χ0n) is 22.0. The minimum Gasteiger partial charge on any atom is -0.459 e. The van der Waals surface area contributed by atoms with Crippen LogP contribution in [0.2, 0.25) is 0 Å². The van der Waals surface area contributed by atoms with Crippen molar-refractivity contribution in [1.82, 2.24) is 4.90 Å². The van der Waals surface area contributed by atoms with Crippen molar-refractivity contribution in [3.8, 4) is 0 Å². The van der Waals surface area contributed by atoms with Gasteiger partial charge in [0.15, 0.2) is 0 Å². The second kappa shape index (κ2) is 12.1. The van der Waals surface area contributed by atoms with Gasteiger partial charge < -0.3 is 4.74 Å². The number of hydrogen-bond acceptors (Lipinski definition) is 3. The molecule has 33 heavy (non-hydrogen) atoms. The molecule has 1 aliphatic heterocycles. The van der Waals surface area contributed by atoms with Crippen LogP contribution in [0.4, 0.5) is 4.39 Å². The van der Waals surface area contributed by atoms with Crippen LogP contribution in [0.5, 0.6) is 0 Å². The number of rotatable bonds is 11. The Morgan fingerprint density at radius 2 is 1.79 bits per heavy atom. The number of halogens is 1. The summed E-state index contributed by atoms with van der Waals surface area (Å²) >= 11 is 0. The van der Waals surface area contributed by atoms with Crippen molar-refractivity contribution in [2.45, 2.75) is 110 Å². The Balaban J connectivity index is 2.15. The lowest BCUT2D eigenvalue weighted by Gasteiger charge is -2.45. The fraction of sp³-hybridized carbons (Fsp3) is 0.690. The maximum atomic E-state index is 13.5. The van der Waals surface area contributed by atoms with Gasteiger partial charge >= 0.3 is 5.97 Å². The molecule has 1 fully saturated rings. The molecule has 1 unspecified atom stereocenters. The van der Waals surface area contributed by atoms with Crippen LogP contribution < -0.4 is 0 Å². The van der Waals surface area contributed by atoms with E-state index >= 15 is 0 Å². The van der Waals surface area contributed by atoms with Gasteiger partial charge in [-0.15, -0.1) is 0 Å². The van der Waals surface area contributed by atoms with Gasteiger partial charge in [-0.3, -0.25) is 9.69 Å². The molecule has 1 heterocycles. The number of carbonyl (C=O) groups excluding carboxylic acids is 1. The molecule has 0 N–H and O–H groups in total. The summed E-state index contributed by atoms with van der Waals surface area (Å²) in [6.45, 7) is 17.0. The molecule has 4 heteroatoms. The average molecular weight is 460 g/mol. The molecule has 3 nitrogen and oxygen atoms in total. The third kappa shape index (κ3) is 8.55. The minimum absolute atomic E-state index is 0.0483. The van der Waals surface area contributed by atoms with Crippen molar-refractivity contribution >= 4 is 5.97 Å². The summed E-state index contributed by atoms with van der Waals surface area (Å²) in [4.78, 5) is 15.1. The Morgan fingerprint density at radius 3 is 2.30 bits per heavy atom. The fourth-order valence-corrected chi connectivity index (χ4v) is 5.00. The lowest BCUT2D eigenvalue weighted by atomic mass is 9.77. The molecule has 0 amide bonds. The first-order chi connectivity index (χ1) is 15.5. The maximum Gasteiger partial charge on any atom is 0.306 e. The van der Waals surface area contributed by atoms with E-state index in [1.807, 2.05) is 12.1 Å². The number of allylic oxidation sites excluding steroid dienone is 1. The summed E-state index contributed by atoms with van der Waals surface area (Å²) in [6, 6.07) is 7.23.